The molecule has 0 spiro atoms. The van der Waals surface area contributed by atoms with E-state index in [-0.39, 0.29) is 11.7 Å². The second kappa shape index (κ2) is 7.97. The Hall–Kier alpha value is -1.62. The van der Waals surface area contributed by atoms with Crippen LogP contribution in [0.1, 0.15) is 39.0 Å². The normalized spacial score (nSPS) is 24.5. The van der Waals surface area contributed by atoms with E-state index < -0.39 is 0 Å². The van der Waals surface area contributed by atoms with Gasteiger partial charge in [0.1, 0.15) is 11.6 Å². The summed E-state index contributed by atoms with van der Waals surface area (Å²) in [6, 6.07) is 7.06. The topological polar surface area (TPSA) is 32.8 Å². The Morgan fingerprint density at radius 3 is 2.62 bits per heavy atom. The summed E-state index contributed by atoms with van der Waals surface area (Å²) in [7, 11) is 0. The molecule has 4 nitrogen and oxygen atoms in total. The monoisotopic (exact) mass is 334 g/mol. The lowest BCUT2D eigenvalue weighted by Gasteiger charge is -2.34. The van der Waals surface area contributed by atoms with E-state index in [0.717, 1.165) is 38.9 Å². The van der Waals surface area contributed by atoms with E-state index in [2.05, 4.69) is 9.80 Å². The maximum absolute atomic E-state index is 12.9. The van der Waals surface area contributed by atoms with E-state index in [0.29, 0.717) is 24.4 Å². The quantitative estimate of drug-likeness (QED) is 0.750. The zero-order valence-electron chi connectivity index (χ0n) is 14.4. The number of hydrogen-bond acceptors (Lipinski definition) is 3. The molecule has 0 aromatic heterocycles. The molecule has 1 amide bonds. The highest BCUT2D eigenvalue weighted by atomic mass is 19.1. The summed E-state index contributed by atoms with van der Waals surface area (Å²) in [4.78, 5) is 16.4. The molecule has 0 aliphatic carbocycles. The van der Waals surface area contributed by atoms with E-state index in [1.807, 2.05) is 0 Å². The smallest absolute Gasteiger partial charge is 0.219 e. The number of nitrogens with zero attached hydrogens (tertiary/aromatic N) is 2. The number of amides is 1. The van der Waals surface area contributed by atoms with Crippen LogP contribution in [0.25, 0.3) is 0 Å². The molecule has 2 fully saturated rings. The van der Waals surface area contributed by atoms with Crippen molar-refractivity contribution in [3.8, 4) is 5.75 Å². The molecular weight excluding hydrogens is 307 g/mol. The Bertz CT molecular complexity index is 549. The van der Waals surface area contributed by atoms with Crippen LogP contribution in [0.2, 0.25) is 0 Å². The van der Waals surface area contributed by atoms with Crippen molar-refractivity contribution in [2.24, 2.45) is 0 Å². The second-order valence-electron chi connectivity index (χ2n) is 6.82. The van der Waals surface area contributed by atoms with Crippen molar-refractivity contribution in [2.45, 2.75) is 51.1 Å². The summed E-state index contributed by atoms with van der Waals surface area (Å²) in [5.41, 5.74) is 0. The number of rotatable bonds is 6. The molecule has 132 valence electrons. The fourth-order valence-corrected chi connectivity index (χ4v) is 4.14. The molecule has 0 bridgehead atoms. The van der Waals surface area contributed by atoms with Crippen molar-refractivity contribution in [3.63, 3.8) is 0 Å². The minimum Gasteiger partial charge on any atom is -0.494 e. The molecule has 0 radical (unpaired) electrons. The van der Waals surface area contributed by atoms with Crippen LogP contribution >= 0.6 is 0 Å². The third kappa shape index (κ3) is 4.07. The minimum absolute atomic E-state index is 0.212. The third-order valence-electron chi connectivity index (χ3n) is 5.23. The fraction of sp³-hybridized carbons (Fsp3) is 0.632. The maximum atomic E-state index is 12.9. The molecule has 2 saturated heterocycles. The van der Waals surface area contributed by atoms with Crippen molar-refractivity contribution in [1.82, 2.24) is 9.80 Å². The third-order valence-corrected chi connectivity index (χ3v) is 5.23. The molecule has 2 aliphatic rings. The van der Waals surface area contributed by atoms with E-state index in [4.69, 9.17) is 4.74 Å². The highest BCUT2D eigenvalue weighted by molar-refractivity contribution is 5.74. The second-order valence-corrected chi connectivity index (χ2v) is 6.82. The Morgan fingerprint density at radius 2 is 1.88 bits per heavy atom. The van der Waals surface area contributed by atoms with Crippen LogP contribution in [-0.2, 0) is 4.79 Å². The van der Waals surface area contributed by atoms with Crippen LogP contribution in [0.15, 0.2) is 24.3 Å². The van der Waals surface area contributed by atoms with Crippen LogP contribution in [0.4, 0.5) is 4.39 Å². The zero-order chi connectivity index (χ0) is 16.9. The fourth-order valence-electron chi connectivity index (χ4n) is 4.14. The van der Waals surface area contributed by atoms with Crippen LogP contribution < -0.4 is 4.74 Å². The van der Waals surface area contributed by atoms with Gasteiger partial charge in [-0.3, -0.25) is 9.69 Å². The summed E-state index contributed by atoms with van der Waals surface area (Å²) in [5.74, 6) is 0.686. The van der Waals surface area contributed by atoms with Crippen molar-refractivity contribution in [3.05, 3.63) is 30.1 Å². The van der Waals surface area contributed by atoms with Gasteiger partial charge in [0, 0.05) is 32.1 Å². The SMILES string of the molecule is CC(=O)N1CCC[C@@H]1[C@H]1CCCN1CCCOc1ccc(F)cc1. The number of halogens is 1. The van der Waals surface area contributed by atoms with Crippen molar-refractivity contribution in [2.75, 3.05) is 26.2 Å². The van der Waals surface area contributed by atoms with Gasteiger partial charge in [0.25, 0.3) is 0 Å². The molecular formula is C19H27FN2O2. The van der Waals surface area contributed by atoms with E-state index >= 15 is 0 Å². The van der Waals surface area contributed by atoms with Gasteiger partial charge in [-0.05, 0) is 62.9 Å². The van der Waals surface area contributed by atoms with Crippen LogP contribution in [-0.4, -0.2) is 54.0 Å². The average Bonchev–Trinajstić information content (AvgIpc) is 3.21. The van der Waals surface area contributed by atoms with Gasteiger partial charge < -0.3 is 9.64 Å². The van der Waals surface area contributed by atoms with Crippen LogP contribution in [0, 0.1) is 5.82 Å². The number of carbonyl (C=O) groups is 1. The van der Waals surface area contributed by atoms with E-state index in [1.165, 1.54) is 25.0 Å². The zero-order valence-corrected chi connectivity index (χ0v) is 14.4. The molecule has 2 aliphatic heterocycles. The number of likely N-dealkylation sites (tertiary alicyclic amines) is 2. The maximum Gasteiger partial charge on any atom is 0.219 e. The number of benzene rings is 1. The van der Waals surface area contributed by atoms with Gasteiger partial charge in [0.05, 0.1) is 6.61 Å². The summed E-state index contributed by atoms with van der Waals surface area (Å²) in [6.07, 6.45) is 5.61. The van der Waals surface area contributed by atoms with Gasteiger partial charge >= 0.3 is 0 Å². The number of ether oxygens (including phenoxy) is 1. The molecule has 3 rings (SSSR count). The Labute approximate surface area is 143 Å². The molecule has 1 aromatic rings. The number of hydrogen-bond donors (Lipinski definition) is 0. The molecule has 0 N–H and O–H groups in total. The van der Waals surface area contributed by atoms with Gasteiger partial charge in [-0.1, -0.05) is 0 Å². The van der Waals surface area contributed by atoms with Crippen molar-refractivity contribution >= 4 is 5.91 Å². The lowest BCUT2D eigenvalue weighted by molar-refractivity contribution is -0.130. The lowest BCUT2D eigenvalue weighted by Crippen LogP contribution is -2.48. The highest BCUT2D eigenvalue weighted by Crippen LogP contribution is 2.30. The van der Waals surface area contributed by atoms with Crippen molar-refractivity contribution in [1.29, 1.82) is 0 Å². The summed E-state index contributed by atoms with van der Waals surface area (Å²) in [5, 5.41) is 0. The largest absolute Gasteiger partial charge is 0.494 e. The predicted molar refractivity (Wildman–Crippen MR) is 91.5 cm³/mol. The molecule has 0 unspecified atom stereocenters. The first-order chi connectivity index (χ1) is 11.6. The number of carbonyl (C=O) groups excluding carboxylic acids is 1. The van der Waals surface area contributed by atoms with Crippen LogP contribution in [0.5, 0.6) is 5.75 Å². The Morgan fingerprint density at radius 1 is 1.17 bits per heavy atom. The summed E-state index contributed by atoms with van der Waals surface area (Å²) < 4.78 is 18.6. The first-order valence-electron chi connectivity index (χ1n) is 9.05. The first-order valence-corrected chi connectivity index (χ1v) is 9.05. The molecule has 0 saturated carbocycles. The molecule has 24 heavy (non-hydrogen) atoms. The summed E-state index contributed by atoms with van der Waals surface area (Å²) >= 11 is 0. The highest BCUT2D eigenvalue weighted by Gasteiger charge is 2.38. The van der Waals surface area contributed by atoms with E-state index in [1.54, 1.807) is 19.1 Å². The van der Waals surface area contributed by atoms with Gasteiger partial charge in [0.2, 0.25) is 5.91 Å². The molecule has 1 aromatic carbocycles. The molecule has 5 heteroatoms. The van der Waals surface area contributed by atoms with Gasteiger partial charge in [-0.2, -0.15) is 0 Å². The van der Waals surface area contributed by atoms with Gasteiger partial charge in [0.15, 0.2) is 0 Å². The van der Waals surface area contributed by atoms with Gasteiger partial charge in [-0.15, -0.1) is 0 Å². The lowest BCUT2D eigenvalue weighted by atomic mass is 10.0. The minimum atomic E-state index is -0.242. The van der Waals surface area contributed by atoms with Crippen LogP contribution in [0.3, 0.4) is 0 Å². The van der Waals surface area contributed by atoms with E-state index in [9.17, 15) is 9.18 Å². The standard InChI is InChI=1S/C19H27FN2O2/c1-15(23)22-13-3-6-19(22)18-5-2-11-21(18)12-4-14-24-17-9-7-16(20)8-10-17/h7-10,18-19H,2-6,11-14H2,1H3/t18-,19-/m1/s1. The Balaban J connectivity index is 1.46. The van der Waals surface area contributed by atoms with Gasteiger partial charge in [-0.25, -0.2) is 4.39 Å². The average molecular weight is 334 g/mol. The summed E-state index contributed by atoms with van der Waals surface area (Å²) in [6.45, 7) is 5.35. The molecule has 2 atom stereocenters. The Kier molecular flexibility index (Phi) is 5.72. The van der Waals surface area contributed by atoms with Crippen molar-refractivity contribution < 1.29 is 13.9 Å². The first kappa shape index (κ1) is 17.2. The molecule has 2 heterocycles. The predicted octanol–water partition coefficient (Wildman–Crippen LogP) is 3.07.